The molecule has 0 radical (unpaired) electrons. The molecule has 2 aromatic carbocycles. The lowest BCUT2D eigenvalue weighted by Gasteiger charge is -2.18. The molecule has 2 heterocycles. The van der Waals surface area contributed by atoms with Crippen LogP contribution in [0.3, 0.4) is 0 Å². The normalized spacial score (nSPS) is 10.9. The number of H-pyrrole nitrogens is 1. The molecule has 0 aliphatic carbocycles. The summed E-state index contributed by atoms with van der Waals surface area (Å²) in [6, 6.07) is 15.8. The average Bonchev–Trinajstić information content (AvgIpc) is 3.04. The van der Waals surface area contributed by atoms with Gasteiger partial charge in [0.1, 0.15) is 5.82 Å². The molecule has 4 rings (SSSR count). The van der Waals surface area contributed by atoms with Gasteiger partial charge in [0.05, 0.1) is 16.7 Å². The molecule has 0 aliphatic rings. The smallest absolute Gasteiger partial charge is 0.274 e. The van der Waals surface area contributed by atoms with E-state index in [-0.39, 0.29) is 5.56 Å². The molecule has 2 aromatic heterocycles. The predicted molar refractivity (Wildman–Crippen MR) is 115 cm³/mol. The summed E-state index contributed by atoms with van der Waals surface area (Å²) in [6.07, 6.45) is 0. The molecule has 0 amide bonds. The van der Waals surface area contributed by atoms with E-state index in [4.69, 9.17) is 33.4 Å². The molecule has 1 N–H and O–H groups in total. The molecular formula is C21H15Cl2N5O. The highest BCUT2D eigenvalue weighted by Gasteiger charge is 2.18. The van der Waals surface area contributed by atoms with Crippen LogP contribution in [0.1, 0.15) is 11.3 Å². The minimum atomic E-state index is -0.245. The Kier molecular flexibility index (Phi) is 4.79. The van der Waals surface area contributed by atoms with Crippen LogP contribution < -0.4 is 10.5 Å². The van der Waals surface area contributed by atoms with E-state index in [1.54, 1.807) is 41.3 Å². The number of aryl methyl sites for hydroxylation is 1. The quantitative estimate of drug-likeness (QED) is 0.505. The number of aromatic nitrogens is 3. The van der Waals surface area contributed by atoms with Crippen LogP contribution in [0.2, 0.25) is 10.0 Å². The van der Waals surface area contributed by atoms with Crippen LogP contribution in [0, 0.1) is 18.3 Å². The third-order valence-corrected chi connectivity index (χ3v) is 5.26. The van der Waals surface area contributed by atoms with Crippen molar-refractivity contribution in [3.8, 4) is 17.2 Å². The Hall–Kier alpha value is -3.27. The van der Waals surface area contributed by atoms with Gasteiger partial charge in [-0.15, -0.1) is 0 Å². The molecule has 0 bridgehead atoms. The van der Waals surface area contributed by atoms with Crippen LogP contribution in [-0.2, 0) is 0 Å². The van der Waals surface area contributed by atoms with Gasteiger partial charge in [-0.1, -0.05) is 29.3 Å². The topological polar surface area (TPSA) is 77.2 Å². The highest BCUT2D eigenvalue weighted by atomic mass is 35.5. The van der Waals surface area contributed by atoms with Crippen LogP contribution in [-0.4, -0.2) is 21.6 Å². The van der Waals surface area contributed by atoms with Crippen molar-refractivity contribution in [2.45, 2.75) is 6.92 Å². The SMILES string of the molecule is Cc1[nH]n2c(=O)cc(N(C)c3ccc(C#N)cc3)nc2c1-c1ccc(Cl)cc1Cl. The van der Waals surface area contributed by atoms with Crippen molar-refractivity contribution in [2.24, 2.45) is 0 Å². The Bertz CT molecular complexity index is 1330. The fourth-order valence-electron chi connectivity index (χ4n) is 3.22. The number of nitriles is 1. The number of benzene rings is 2. The first kappa shape index (κ1) is 19.1. The lowest BCUT2D eigenvalue weighted by atomic mass is 10.1. The van der Waals surface area contributed by atoms with Crippen LogP contribution in [0.4, 0.5) is 11.5 Å². The molecule has 4 aromatic rings. The fraction of sp³-hybridized carbons (Fsp3) is 0.0952. The third kappa shape index (κ3) is 3.35. The van der Waals surface area contributed by atoms with Gasteiger partial charge in [-0.3, -0.25) is 9.89 Å². The molecule has 0 spiro atoms. The van der Waals surface area contributed by atoms with E-state index in [1.807, 2.05) is 20.0 Å². The summed E-state index contributed by atoms with van der Waals surface area (Å²) in [5, 5.41) is 13.0. The molecule has 0 atom stereocenters. The van der Waals surface area contributed by atoms with Gasteiger partial charge in [0.15, 0.2) is 5.65 Å². The zero-order chi connectivity index (χ0) is 20.7. The van der Waals surface area contributed by atoms with Gasteiger partial charge < -0.3 is 4.90 Å². The molecule has 144 valence electrons. The Labute approximate surface area is 176 Å². The highest BCUT2D eigenvalue weighted by Crippen LogP contribution is 2.35. The fourth-order valence-corrected chi connectivity index (χ4v) is 3.72. The number of rotatable bonds is 3. The first-order chi connectivity index (χ1) is 13.9. The molecule has 8 heteroatoms. The maximum atomic E-state index is 12.7. The monoisotopic (exact) mass is 423 g/mol. The number of nitrogens with zero attached hydrogens (tertiary/aromatic N) is 4. The van der Waals surface area contributed by atoms with E-state index >= 15 is 0 Å². The van der Waals surface area contributed by atoms with E-state index in [0.717, 1.165) is 22.5 Å². The van der Waals surface area contributed by atoms with Gasteiger partial charge in [-0.25, -0.2) is 9.50 Å². The lowest BCUT2D eigenvalue weighted by Crippen LogP contribution is -2.19. The highest BCUT2D eigenvalue weighted by molar-refractivity contribution is 6.36. The zero-order valence-corrected chi connectivity index (χ0v) is 17.1. The molecule has 0 saturated carbocycles. The largest absolute Gasteiger partial charge is 0.329 e. The van der Waals surface area contributed by atoms with E-state index in [2.05, 4.69) is 11.2 Å². The number of hydrogen-bond acceptors (Lipinski definition) is 4. The van der Waals surface area contributed by atoms with E-state index < -0.39 is 0 Å². The minimum Gasteiger partial charge on any atom is -0.329 e. The Morgan fingerprint density at radius 1 is 1.14 bits per heavy atom. The number of anilines is 2. The second-order valence-electron chi connectivity index (χ2n) is 6.57. The Morgan fingerprint density at radius 3 is 2.52 bits per heavy atom. The summed E-state index contributed by atoms with van der Waals surface area (Å²) in [5.41, 5.74) is 3.82. The van der Waals surface area contributed by atoms with Gasteiger partial charge in [0.25, 0.3) is 5.56 Å². The molecular weight excluding hydrogens is 409 g/mol. The van der Waals surface area contributed by atoms with E-state index in [9.17, 15) is 4.79 Å². The summed E-state index contributed by atoms with van der Waals surface area (Å²) < 4.78 is 1.39. The standard InChI is InChI=1S/C21H15Cl2N5O/c1-12-20(16-8-5-14(22)9-17(16)23)21-25-18(10-19(29)28(21)26-12)27(2)15-6-3-13(11-24)4-7-15/h3-10,26H,1-2H3. The van der Waals surface area contributed by atoms with Crippen LogP contribution in [0.5, 0.6) is 0 Å². The van der Waals surface area contributed by atoms with E-state index in [1.165, 1.54) is 10.6 Å². The predicted octanol–water partition coefficient (Wildman–Crippen LogP) is 4.94. The number of nitrogens with one attached hydrogen (secondary N) is 1. The van der Waals surface area contributed by atoms with Crippen LogP contribution in [0.25, 0.3) is 16.8 Å². The summed E-state index contributed by atoms with van der Waals surface area (Å²) >= 11 is 12.4. The number of halogens is 2. The van der Waals surface area contributed by atoms with Crippen molar-refractivity contribution in [3.05, 3.63) is 80.2 Å². The average molecular weight is 424 g/mol. The number of fused-ring (bicyclic) bond motifs is 1. The van der Waals surface area contributed by atoms with Crippen LogP contribution >= 0.6 is 23.2 Å². The Morgan fingerprint density at radius 2 is 1.86 bits per heavy atom. The number of hydrogen-bond donors (Lipinski definition) is 1. The van der Waals surface area contributed by atoms with Crippen LogP contribution in [0.15, 0.2) is 53.3 Å². The molecule has 0 unspecified atom stereocenters. The second-order valence-corrected chi connectivity index (χ2v) is 7.41. The Balaban J connectivity index is 1.90. The first-order valence-corrected chi connectivity index (χ1v) is 9.46. The van der Waals surface area contributed by atoms with Gasteiger partial charge in [0.2, 0.25) is 0 Å². The van der Waals surface area contributed by atoms with Gasteiger partial charge in [-0.05, 0) is 43.3 Å². The molecule has 0 aliphatic heterocycles. The summed E-state index contributed by atoms with van der Waals surface area (Å²) in [4.78, 5) is 19.2. The molecule has 29 heavy (non-hydrogen) atoms. The molecule has 0 fully saturated rings. The van der Waals surface area contributed by atoms with E-state index in [0.29, 0.717) is 27.1 Å². The zero-order valence-electron chi connectivity index (χ0n) is 15.6. The first-order valence-electron chi connectivity index (χ1n) is 8.70. The summed E-state index contributed by atoms with van der Waals surface area (Å²) in [5.74, 6) is 0.477. The van der Waals surface area contributed by atoms with Crippen molar-refractivity contribution in [3.63, 3.8) is 0 Å². The molecule has 6 nitrogen and oxygen atoms in total. The maximum absolute atomic E-state index is 12.7. The summed E-state index contributed by atoms with van der Waals surface area (Å²) in [6.45, 7) is 1.86. The minimum absolute atomic E-state index is 0.245. The van der Waals surface area contributed by atoms with Gasteiger partial charge in [-0.2, -0.15) is 5.26 Å². The van der Waals surface area contributed by atoms with Crippen molar-refractivity contribution < 1.29 is 0 Å². The number of aromatic amines is 1. The van der Waals surface area contributed by atoms with Crippen molar-refractivity contribution in [1.82, 2.24) is 14.6 Å². The van der Waals surface area contributed by atoms with Gasteiger partial charge in [0, 0.05) is 40.6 Å². The lowest BCUT2D eigenvalue weighted by molar-refractivity contribution is 0.877. The molecule has 0 saturated heterocycles. The maximum Gasteiger partial charge on any atom is 0.274 e. The third-order valence-electron chi connectivity index (χ3n) is 4.71. The summed E-state index contributed by atoms with van der Waals surface area (Å²) in [7, 11) is 1.81. The van der Waals surface area contributed by atoms with Crippen molar-refractivity contribution in [2.75, 3.05) is 11.9 Å². The van der Waals surface area contributed by atoms with Crippen molar-refractivity contribution >= 4 is 40.4 Å². The van der Waals surface area contributed by atoms with Crippen molar-refractivity contribution in [1.29, 1.82) is 5.26 Å². The van der Waals surface area contributed by atoms with Gasteiger partial charge >= 0.3 is 0 Å². The second kappa shape index (κ2) is 7.28.